The van der Waals surface area contributed by atoms with Gasteiger partial charge in [0.2, 0.25) is 23.6 Å². The number of rotatable bonds is 14. The monoisotopic (exact) mass is 1080 g/mol. The Kier molecular flexibility index (Phi) is 19.2. The van der Waals surface area contributed by atoms with Crippen molar-refractivity contribution in [1.29, 1.82) is 0 Å². The molecule has 4 aromatic rings. The van der Waals surface area contributed by atoms with Gasteiger partial charge in [0.1, 0.15) is 53.5 Å². The molecule has 1 aromatic heterocycles. The Hall–Kier alpha value is -8.30. The van der Waals surface area contributed by atoms with Crippen molar-refractivity contribution in [1.82, 2.24) is 41.5 Å². The van der Waals surface area contributed by atoms with Crippen LogP contribution in [0.2, 0.25) is 0 Å². The number of nitrogens with zero attached hydrogens (tertiary/aromatic N) is 3. The Morgan fingerprint density at radius 1 is 0.795 bits per heavy atom. The van der Waals surface area contributed by atoms with E-state index in [1.165, 1.54) is 51.2 Å². The smallest absolute Gasteiger partial charge is 0.407 e. The van der Waals surface area contributed by atoms with Crippen LogP contribution in [0.3, 0.4) is 0 Å². The van der Waals surface area contributed by atoms with Gasteiger partial charge in [0.05, 0.1) is 29.2 Å². The Bertz CT molecular complexity index is 2920. The third-order valence-electron chi connectivity index (χ3n) is 12.1. The molecule has 1 aliphatic heterocycles. The Morgan fingerprint density at radius 3 is 1.94 bits per heavy atom. The fraction of sp³-hybridized carbons (Fsp3) is 0.464. The van der Waals surface area contributed by atoms with Crippen LogP contribution in [-0.2, 0) is 45.3 Å². The molecule has 420 valence electrons. The van der Waals surface area contributed by atoms with E-state index < -0.39 is 88.8 Å². The van der Waals surface area contributed by atoms with Crippen molar-refractivity contribution in [3.05, 3.63) is 88.2 Å². The molecule has 0 aliphatic carbocycles. The van der Waals surface area contributed by atoms with Gasteiger partial charge in [0.15, 0.2) is 5.82 Å². The van der Waals surface area contributed by atoms with E-state index in [9.17, 15) is 43.8 Å². The average Bonchev–Trinajstić information content (AvgIpc) is 3.33. The molecule has 4 bridgehead atoms. The minimum atomic E-state index is -1.65. The van der Waals surface area contributed by atoms with Crippen molar-refractivity contribution >= 4 is 53.4 Å². The molecule has 78 heavy (non-hydrogen) atoms. The molecule has 0 fully saturated rings. The number of carboxylic acid groups (broad SMARTS) is 1. The lowest BCUT2D eigenvalue weighted by molar-refractivity contribution is -0.143. The van der Waals surface area contributed by atoms with Gasteiger partial charge in [-0.1, -0.05) is 51.1 Å². The average molecular weight is 1080 g/mol. The van der Waals surface area contributed by atoms with Gasteiger partial charge in [-0.05, 0) is 115 Å². The van der Waals surface area contributed by atoms with Crippen molar-refractivity contribution in [2.45, 2.75) is 144 Å². The van der Waals surface area contributed by atoms with Crippen molar-refractivity contribution in [2.75, 3.05) is 32.1 Å². The Balaban J connectivity index is 1.64. The summed E-state index contributed by atoms with van der Waals surface area (Å²) in [5.41, 5.74) is 0.979. The van der Waals surface area contributed by atoms with Crippen molar-refractivity contribution in [2.24, 2.45) is 0 Å². The van der Waals surface area contributed by atoms with Gasteiger partial charge >= 0.3 is 18.2 Å². The summed E-state index contributed by atoms with van der Waals surface area (Å²) in [6.45, 7) is 21.8. The highest BCUT2D eigenvalue weighted by Gasteiger charge is 2.37. The van der Waals surface area contributed by atoms with Gasteiger partial charge in [0, 0.05) is 43.6 Å². The van der Waals surface area contributed by atoms with Crippen LogP contribution < -0.4 is 36.6 Å². The first-order valence-corrected chi connectivity index (χ1v) is 25.4. The molecule has 3 aromatic carbocycles. The van der Waals surface area contributed by atoms with E-state index in [2.05, 4.69) is 62.6 Å². The number of nitrogens with one attached hydrogen (secondary N) is 6. The third-order valence-corrected chi connectivity index (χ3v) is 12.1. The largest absolute Gasteiger partial charge is 0.505 e. The molecular weight excluding hydrogens is 1010 g/mol. The summed E-state index contributed by atoms with van der Waals surface area (Å²) in [5, 5.41) is 37.8. The highest BCUT2D eigenvalue weighted by atomic mass is 16.6. The zero-order valence-electron chi connectivity index (χ0n) is 46.8. The fourth-order valence-corrected chi connectivity index (χ4v) is 8.41. The maximum Gasteiger partial charge on any atom is 0.407 e. The molecule has 0 saturated heterocycles. The molecule has 0 unspecified atom stereocenters. The number of aliphatic carboxylic acids is 1. The number of fused-ring (bicyclic) bond motifs is 5. The predicted octanol–water partition coefficient (Wildman–Crippen LogP) is 6.14. The summed E-state index contributed by atoms with van der Waals surface area (Å²) in [5.74, 6) is -5.50. The number of aryl methyl sites for hydroxylation is 2. The molecule has 7 amide bonds. The molecule has 0 spiro atoms. The van der Waals surface area contributed by atoms with Crippen LogP contribution in [0.5, 0.6) is 11.5 Å². The number of anilines is 1. The summed E-state index contributed by atoms with van der Waals surface area (Å²) in [4.78, 5) is 119. The van der Waals surface area contributed by atoms with Crippen LogP contribution >= 0.6 is 0 Å². The minimum Gasteiger partial charge on any atom is -0.505 e. The second kappa shape index (κ2) is 24.8. The first kappa shape index (κ1) is 60.6. The number of likely N-dealkylation sites (N-methyl/N-ethyl adjacent to an activating group) is 1. The quantitative estimate of drug-likeness (QED) is 0.0520. The number of aromatic hydroxyl groups is 1. The minimum absolute atomic E-state index is 0.0264. The molecule has 8 N–H and O–H groups in total. The molecule has 4 atom stereocenters. The van der Waals surface area contributed by atoms with Gasteiger partial charge in [0.25, 0.3) is 5.91 Å². The summed E-state index contributed by atoms with van der Waals surface area (Å²) in [6.07, 6.45) is -2.11. The zero-order chi connectivity index (χ0) is 58.2. The predicted molar refractivity (Wildman–Crippen MR) is 290 cm³/mol. The molecule has 5 rings (SSSR count). The summed E-state index contributed by atoms with van der Waals surface area (Å²) in [6, 6.07) is 8.79. The topological polar surface area (TPSA) is 306 Å². The van der Waals surface area contributed by atoms with E-state index in [1.807, 2.05) is 24.3 Å². The molecule has 22 heteroatoms. The number of carbonyl (C=O) groups is 8. The van der Waals surface area contributed by atoms with Gasteiger partial charge in [-0.2, -0.15) is 0 Å². The van der Waals surface area contributed by atoms with E-state index in [1.54, 1.807) is 55.4 Å². The number of phenols is 1. The highest BCUT2D eigenvalue weighted by molar-refractivity contribution is 6.01. The molecule has 0 saturated carbocycles. The van der Waals surface area contributed by atoms with Crippen LogP contribution in [0.4, 0.5) is 15.3 Å². The Morgan fingerprint density at radius 2 is 1.38 bits per heavy atom. The highest BCUT2D eigenvalue weighted by Crippen LogP contribution is 2.43. The van der Waals surface area contributed by atoms with Crippen LogP contribution in [0.1, 0.15) is 127 Å². The van der Waals surface area contributed by atoms with Crippen molar-refractivity contribution in [3.63, 3.8) is 0 Å². The first-order chi connectivity index (χ1) is 36.2. The SMILES string of the molecule is CC(=O)Nc1cc2cc(c1O)-c1cc(ccc1OCCNC(=O)OC(C)(C)C)[C@H](N(C)C(=O)[C@H](CCNC(=O)OC(C)(C)C)NC(=O)c1c(C)nc(-c3ccc(C(C)(C)C)cc3)nc1C)C(=O)N[C@@H](C)C(=O)N[C@H](C(=O)O)C2. The lowest BCUT2D eigenvalue weighted by Crippen LogP contribution is -2.55. The number of amides is 7. The fourth-order valence-electron chi connectivity index (χ4n) is 8.41. The van der Waals surface area contributed by atoms with Crippen LogP contribution in [0.25, 0.3) is 22.5 Å². The normalized spacial score (nSPS) is 16.2. The van der Waals surface area contributed by atoms with Gasteiger partial charge in [-0.3, -0.25) is 24.0 Å². The molecule has 0 radical (unpaired) electrons. The van der Waals surface area contributed by atoms with Crippen LogP contribution in [0, 0.1) is 13.8 Å². The lowest BCUT2D eigenvalue weighted by atomic mass is 9.86. The van der Waals surface area contributed by atoms with Gasteiger partial charge in [-0.15, -0.1) is 0 Å². The van der Waals surface area contributed by atoms with Gasteiger partial charge in [-0.25, -0.2) is 24.4 Å². The summed E-state index contributed by atoms with van der Waals surface area (Å²) >= 11 is 0. The van der Waals surface area contributed by atoms with Crippen LogP contribution in [-0.4, -0.2) is 129 Å². The van der Waals surface area contributed by atoms with E-state index >= 15 is 4.79 Å². The lowest BCUT2D eigenvalue weighted by Gasteiger charge is -2.33. The first-order valence-electron chi connectivity index (χ1n) is 25.4. The van der Waals surface area contributed by atoms with Crippen molar-refractivity contribution < 1.29 is 62.8 Å². The second-order valence-corrected chi connectivity index (χ2v) is 22.1. The van der Waals surface area contributed by atoms with Crippen LogP contribution in [0.15, 0.2) is 54.6 Å². The van der Waals surface area contributed by atoms with E-state index in [4.69, 9.17) is 14.2 Å². The third kappa shape index (κ3) is 16.4. The van der Waals surface area contributed by atoms with E-state index in [-0.39, 0.29) is 77.2 Å². The second-order valence-electron chi connectivity index (χ2n) is 22.1. The number of ether oxygens (including phenoxy) is 3. The molecular formula is C56H73N9O13. The van der Waals surface area contributed by atoms with E-state index in [0.717, 1.165) is 10.5 Å². The summed E-state index contributed by atoms with van der Waals surface area (Å²) < 4.78 is 16.9. The number of carbonyl (C=O) groups excluding carboxylic acids is 7. The maximum atomic E-state index is 15.2. The molecule has 22 nitrogen and oxygen atoms in total. The number of aromatic nitrogens is 2. The van der Waals surface area contributed by atoms with Gasteiger partial charge < -0.3 is 61.2 Å². The molecule has 1 aliphatic rings. The number of hydrogen-bond acceptors (Lipinski definition) is 14. The standard InChI is InChI=1S/C56H73N9O13/c1-29-43(30(2)60-46(59-29)34-15-18-36(19-16-34)54(5,6)7)48(69)63-39(21-22-57-52(74)77-55(8,9)10)50(71)65(14)44-35-17-20-42(76-24-23-58-53(75)78-56(11,12)13)37(28-35)38-25-33(26-40(45(38)67)62-32(4)66)27-41(51(72)73)64-47(68)31(3)61-49(44)70/h15-20,25-26,28,31,39,41,44,67H,21-24,27H2,1-14H3,(H,57,74)(H,58,75)(H,61,70)(H,62,66)(H,63,69)(H,64,68)(H,72,73)/t31-,39-,41-,44-/m0/s1. The number of phenolic OH excluding ortho intramolecular Hbond substituents is 1. The summed E-state index contributed by atoms with van der Waals surface area (Å²) in [7, 11) is 1.29. The van der Waals surface area contributed by atoms with Crippen molar-refractivity contribution in [3.8, 4) is 34.0 Å². The number of alkyl carbamates (subject to hydrolysis) is 2. The van der Waals surface area contributed by atoms with E-state index in [0.29, 0.717) is 22.8 Å². The number of benzene rings is 3. The zero-order valence-corrected chi connectivity index (χ0v) is 46.8. The maximum absolute atomic E-state index is 15.2. The number of carboxylic acids is 1. The number of hydrogen-bond donors (Lipinski definition) is 8. The molecule has 2 heterocycles. The Labute approximate surface area is 454 Å².